The van der Waals surface area contributed by atoms with E-state index in [0.717, 1.165) is 37.6 Å². The van der Waals surface area contributed by atoms with E-state index in [1.807, 2.05) is 0 Å². The molecule has 1 aliphatic carbocycles. The fraction of sp³-hybridized carbons (Fsp3) is 0.750. The molecule has 1 heterocycles. The predicted octanol–water partition coefficient (Wildman–Crippen LogP) is 0.372. The Morgan fingerprint density at radius 1 is 1.46 bits per heavy atom. The average molecular weight is 203 g/mol. The van der Waals surface area contributed by atoms with Gasteiger partial charge in [-0.1, -0.05) is 5.57 Å². The van der Waals surface area contributed by atoms with Crippen LogP contribution in [0.25, 0.3) is 0 Å². The first kappa shape index (κ1) is 9.18. The van der Waals surface area contributed by atoms with Crippen molar-refractivity contribution >= 4 is 10.1 Å². The largest absolute Gasteiger partial charge is 0.284 e. The van der Waals surface area contributed by atoms with Crippen LogP contribution in [0.5, 0.6) is 0 Å². The van der Waals surface area contributed by atoms with Gasteiger partial charge in [0.2, 0.25) is 0 Å². The monoisotopic (exact) mass is 203 g/mol. The molecular formula is C8H13NO3S. The summed E-state index contributed by atoms with van der Waals surface area (Å²) in [7, 11) is -3.34. The second-order valence-corrected chi connectivity index (χ2v) is 5.14. The van der Waals surface area contributed by atoms with Crippen molar-refractivity contribution in [3.8, 4) is 0 Å². The lowest BCUT2D eigenvalue weighted by atomic mass is 10.2. The van der Waals surface area contributed by atoms with Gasteiger partial charge >= 0.3 is 0 Å². The van der Waals surface area contributed by atoms with Crippen molar-refractivity contribution in [1.29, 1.82) is 0 Å². The fourth-order valence-electron chi connectivity index (χ4n) is 1.95. The Morgan fingerprint density at radius 3 is 2.92 bits per heavy atom. The van der Waals surface area contributed by atoms with Crippen LogP contribution in [0.2, 0.25) is 0 Å². The molecule has 4 nitrogen and oxygen atoms in total. The Balaban J connectivity index is 2.11. The molecule has 0 aromatic heterocycles. The van der Waals surface area contributed by atoms with E-state index in [9.17, 15) is 8.42 Å². The van der Waals surface area contributed by atoms with Gasteiger partial charge in [0.1, 0.15) is 6.23 Å². The maximum absolute atomic E-state index is 10.9. The first-order valence-electron chi connectivity index (χ1n) is 4.39. The normalized spacial score (nSPS) is 28.2. The molecular weight excluding hydrogens is 190 g/mol. The minimum atomic E-state index is -3.34. The smallest absolute Gasteiger partial charge is 0.266 e. The minimum absolute atomic E-state index is 0.382. The zero-order chi connectivity index (χ0) is 9.47. The third-order valence-corrected chi connectivity index (χ3v) is 3.01. The molecule has 13 heavy (non-hydrogen) atoms. The summed E-state index contributed by atoms with van der Waals surface area (Å²) in [6.45, 7) is 0.787. The van der Waals surface area contributed by atoms with Crippen LogP contribution >= 0.6 is 0 Å². The van der Waals surface area contributed by atoms with E-state index in [-0.39, 0.29) is 6.23 Å². The van der Waals surface area contributed by atoms with Crippen LogP contribution in [0, 0.1) is 0 Å². The van der Waals surface area contributed by atoms with E-state index < -0.39 is 10.1 Å². The Morgan fingerprint density at radius 2 is 2.23 bits per heavy atom. The molecule has 1 N–H and O–H groups in total. The van der Waals surface area contributed by atoms with Crippen molar-refractivity contribution in [3.63, 3.8) is 0 Å². The number of nitrogens with one attached hydrogen (secondary N) is 1. The molecule has 1 unspecified atom stereocenters. The second-order valence-electron chi connectivity index (χ2n) is 3.54. The first-order valence-corrected chi connectivity index (χ1v) is 6.20. The van der Waals surface area contributed by atoms with Gasteiger partial charge in [0, 0.05) is 6.54 Å². The second kappa shape index (κ2) is 3.08. The quantitative estimate of drug-likeness (QED) is 0.520. The zero-order valence-corrected chi connectivity index (χ0v) is 8.36. The Bertz CT molecular complexity index is 344. The van der Waals surface area contributed by atoms with Gasteiger partial charge < -0.3 is 0 Å². The van der Waals surface area contributed by atoms with Crippen molar-refractivity contribution < 1.29 is 12.6 Å². The van der Waals surface area contributed by atoms with Gasteiger partial charge in [0.15, 0.2) is 0 Å². The molecule has 0 amide bonds. The van der Waals surface area contributed by atoms with Crippen molar-refractivity contribution in [2.45, 2.75) is 25.5 Å². The van der Waals surface area contributed by atoms with Gasteiger partial charge in [-0.15, -0.1) is 0 Å². The van der Waals surface area contributed by atoms with Gasteiger partial charge in [-0.25, -0.2) is 4.18 Å². The molecule has 0 bridgehead atoms. The highest BCUT2D eigenvalue weighted by atomic mass is 32.2. The summed E-state index contributed by atoms with van der Waals surface area (Å²) in [6.07, 6.45) is 3.90. The van der Waals surface area contributed by atoms with Crippen LogP contribution in [0.15, 0.2) is 11.1 Å². The molecule has 0 saturated heterocycles. The summed E-state index contributed by atoms with van der Waals surface area (Å²) in [4.78, 5) is 0. The number of hydrogen-bond donors (Lipinski definition) is 1. The summed E-state index contributed by atoms with van der Waals surface area (Å²) in [5.41, 5.74) is 2.50. The van der Waals surface area contributed by atoms with E-state index in [0.29, 0.717) is 0 Å². The molecule has 0 saturated carbocycles. The van der Waals surface area contributed by atoms with E-state index in [1.165, 1.54) is 5.57 Å². The van der Waals surface area contributed by atoms with Crippen LogP contribution in [0.1, 0.15) is 19.3 Å². The molecule has 74 valence electrons. The van der Waals surface area contributed by atoms with Gasteiger partial charge in [0.05, 0.1) is 6.26 Å². The topological polar surface area (TPSA) is 55.4 Å². The molecule has 0 fully saturated rings. The number of rotatable bonds is 2. The van der Waals surface area contributed by atoms with Gasteiger partial charge in [0.25, 0.3) is 10.1 Å². The van der Waals surface area contributed by atoms with Crippen LogP contribution < -0.4 is 5.32 Å². The molecule has 0 aromatic carbocycles. The highest BCUT2D eigenvalue weighted by Gasteiger charge is 2.30. The number of hydrogen-bond acceptors (Lipinski definition) is 4. The summed E-state index contributed by atoms with van der Waals surface area (Å²) < 4.78 is 26.7. The maximum atomic E-state index is 10.9. The molecule has 5 heteroatoms. The molecule has 1 aliphatic heterocycles. The van der Waals surface area contributed by atoms with Crippen molar-refractivity contribution in [2.24, 2.45) is 0 Å². The third kappa shape index (κ3) is 1.92. The highest BCUT2D eigenvalue weighted by Crippen LogP contribution is 2.32. The maximum Gasteiger partial charge on any atom is 0.266 e. The first-order chi connectivity index (χ1) is 6.06. The summed E-state index contributed by atoms with van der Waals surface area (Å²) in [5.74, 6) is 0. The zero-order valence-electron chi connectivity index (χ0n) is 7.54. The van der Waals surface area contributed by atoms with Crippen LogP contribution in [0.4, 0.5) is 0 Å². The standard InChI is InChI=1S/C8H13NO3S/c1-13(10,11)12-8-7-4-2-3-6(7)5-9-8/h8-9H,2-5H2,1H3. The predicted molar refractivity (Wildman–Crippen MR) is 48.6 cm³/mol. The van der Waals surface area contributed by atoms with Crippen LogP contribution in [0.3, 0.4) is 0 Å². The highest BCUT2D eigenvalue weighted by molar-refractivity contribution is 7.86. The lowest BCUT2D eigenvalue weighted by molar-refractivity contribution is 0.220. The fourth-order valence-corrected chi connectivity index (χ4v) is 2.49. The van der Waals surface area contributed by atoms with Gasteiger partial charge in [-0.3, -0.25) is 5.32 Å². The molecule has 0 radical (unpaired) electrons. The summed E-state index contributed by atoms with van der Waals surface area (Å²) in [6, 6.07) is 0. The van der Waals surface area contributed by atoms with E-state index in [2.05, 4.69) is 5.32 Å². The lowest BCUT2D eigenvalue weighted by Gasteiger charge is -2.13. The minimum Gasteiger partial charge on any atom is -0.284 e. The Labute approximate surface area is 78.1 Å². The Kier molecular flexibility index (Phi) is 2.17. The van der Waals surface area contributed by atoms with Crippen LogP contribution in [-0.2, 0) is 14.3 Å². The summed E-state index contributed by atoms with van der Waals surface area (Å²) >= 11 is 0. The molecule has 0 aromatic rings. The van der Waals surface area contributed by atoms with Gasteiger partial charge in [-0.05, 0) is 24.8 Å². The van der Waals surface area contributed by atoms with Crippen molar-refractivity contribution in [2.75, 3.05) is 12.8 Å². The lowest BCUT2D eigenvalue weighted by Crippen LogP contribution is -2.30. The van der Waals surface area contributed by atoms with E-state index in [1.54, 1.807) is 0 Å². The van der Waals surface area contributed by atoms with Crippen molar-refractivity contribution in [3.05, 3.63) is 11.1 Å². The van der Waals surface area contributed by atoms with E-state index >= 15 is 0 Å². The van der Waals surface area contributed by atoms with E-state index in [4.69, 9.17) is 4.18 Å². The van der Waals surface area contributed by atoms with Crippen LogP contribution in [-0.4, -0.2) is 27.4 Å². The average Bonchev–Trinajstić information content (AvgIpc) is 2.50. The molecule has 1 atom stereocenters. The SMILES string of the molecule is CS(=O)(=O)OC1NCC2=C1CCC2. The Hall–Kier alpha value is -0.390. The summed E-state index contributed by atoms with van der Waals surface area (Å²) in [5, 5.41) is 3.04. The molecule has 2 aliphatic rings. The molecule has 0 spiro atoms. The van der Waals surface area contributed by atoms with Gasteiger partial charge in [-0.2, -0.15) is 8.42 Å². The van der Waals surface area contributed by atoms with Crippen molar-refractivity contribution in [1.82, 2.24) is 5.32 Å². The molecule has 2 rings (SSSR count). The third-order valence-electron chi connectivity index (χ3n) is 2.47.